The quantitative estimate of drug-likeness (QED) is 0.895. The Balaban J connectivity index is 2.45. The SMILES string of the molecule is C[C@H](N)c1ccccc1N(CCC#N)c1ccccc1. The molecule has 0 heterocycles. The van der Waals surface area contributed by atoms with Crippen molar-refractivity contribution >= 4 is 11.4 Å². The van der Waals surface area contributed by atoms with Crippen LogP contribution in [0.1, 0.15) is 24.9 Å². The summed E-state index contributed by atoms with van der Waals surface area (Å²) in [6.45, 7) is 2.64. The summed E-state index contributed by atoms with van der Waals surface area (Å²) in [5.74, 6) is 0. The van der Waals surface area contributed by atoms with E-state index in [1.807, 2.05) is 43.3 Å². The molecule has 0 saturated carbocycles. The lowest BCUT2D eigenvalue weighted by Crippen LogP contribution is -2.21. The van der Waals surface area contributed by atoms with Crippen molar-refractivity contribution in [2.24, 2.45) is 5.73 Å². The van der Waals surface area contributed by atoms with Gasteiger partial charge in [0.25, 0.3) is 0 Å². The molecule has 2 aromatic carbocycles. The molecule has 3 nitrogen and oxygen atoms in total. The lowest BCUT2D eigenvalue weighted by atomic mass is 10.0. The molecule has 1 atom stereocenters. The van der Waals surface area contributed by atoms with Crippen LogP contribution < -0.4 is 10.6 Å². The molecule has 0 aliphatic carbocycles. The van der Waals surface area contributed by atoms with E-state index in [1.165, 1.54) is 0 Å². The van der Waals surface area contributed by atoms with Gasteiger partial charge in [0.1, 0.15) is 0 Å². The average molecular weight is 265 g/mol. The summed E-state index contributed by atoms with van der Waals surface area (Å²) in [6.07, 6.45) is 0.474. The van der Waals surface area contributed by atoms with E-state index in [0.29, 0.717) is 13.0 Å². The second kappa shape index (κ2) is 6.74. The van der Waals surface area contributed by atoms with Crippen molar-refractivity contribution in [3.8, 4) is 6.07 Å². The lowest BCUT2D eigenvalue weighted by Gasteiger charge is -2.27. The number of benzene rings is 2. The zero-order valence-electron chi connectivity index (χ0n) is 11.7. The maximum atomic E-state index is 8.89. The number of anilines is 2. The first-order valence-electron chi connectivity index (χ1n) is 6.78. The Labute approximate surface area is 120 Å². The molecule has 0 aromatic heterocycles. The topological polar surface area (TPSA) is 53.0 Å². The van der Waals surface area contributed by atoms with Crippen molar-refractivity contribution in [2.45, 2.75) is 19.4 Å². The van der Waals surface area contributed by atoms with Crippen LogP contribution in [-0.2, 0) is 0 Å². The normalized spacial score (nSPS) is 11.7. The standard InChI is InChI=1S/C17H19N3/c1-14(19)16-10-5-6-11-17(16)20(13-7-12-18)15-8-3-2-4-9-15/h2-6,8-11,14H,7,13,19H2,1H3/t14-/m0/s1. The van der Waals surface area contributed by atoms with Crippen LogP contribution in [0.3, 0.4) is 0 Å². The van der Waals surface area contributed by atoms with Crippen LogP contribution in [0.4, 0.5) is 11.4 Å². The van der Waals surface area contributed by atoms with Crippen LogP contribution in [0.2, 0.25) is 0 Å². The third kappa shape index (κ3) is 3.17. The molecular weight excluding hydrogens is 246 g/mol. The summed E-state index contributed by atoms with van der Waals surface area (Å²) in [5.41, 5.74) is 9.31. The maximum Gasteiger partial charge on any atom is 0.0640 e. The summed E-state index contributed by atoms with van der Waals surface area (Å²) < 4.78 is 0. The number of hydrogen-bond donors (Lipinski definition) is 1. The Bertz CT molecular complexity index is 585. The second-order valence-electron chi connectivity index (χ2n) is 4.74. The van der Waals surface area contributed by atoms with Gasteiger partial charge in [-0.2, -0.15) is 5.26 Å². The van der Waals surface area contributed by atoms with Crippen LogP contribution in [-0.4, -0.2) is 6.54 Å². The molecule has 0 amide bonds. The molecule has 0 aliphatic heterocycles. The Morgan fingerprint density at radius 2 is 1.75 bits per heavy atom. The largest absolute Gasteiger partial charge is 0.340 e. The Kier molecular flexibility index (Phi) is 4.75. The molecule has 0 radical (unpaired) electrons. The highest BCUT2D eigenvalue weighted by Gasteiger charge is 2.14. The third-order valence-corrected chi connectivity index (χ3v) is 3.23. The van der Waals surface area contributed by atoms with Gasteiger partial charge in [-0.05, 0) is 30.7 Å². The molecule has 2 N–H and O–H groups in total. The monoisotopic (exact) mass is 265 g/mol. The van der Waals surface area contributed by atoms with Crippen molar-refractivity contribution in [1.29, 1.82) is 5.26 Å². The summed E-state index contributed by atoms with van der Waals surface area (Å²) in [6, 6.07) is 20.4. The minimum atomic E-state index is -0.0421. The first-order chi connectivity index (χ1) is 9.74. The highest BCUT2D eigenvalue weighted by molar-refractivity contribution is 5.67. The number of para-hydroxylation sites is 2. The highest BCUT2D eigenvalue weighted by atomic mass is 15.1. The smallest absolute Gasteiger partial charge is 0.0640 e. The summed E-state index contributed by atoms with van der Waals surface area (Å²) >= 11 is 0. The van der Waals surface area contributed by atoms with Gasteiger partial charge in [0.15, 0.2) is 0 Å². The summed E-state index contributed by atoms with van der Waals surface area (Å²) in [4.78, 5) is 2.15. The number of hydrogen-bond acceptors (Lipinski definition) is 3. The molecule has 0 saturated heterocycles. The number of nitrogens with two attached hydrogens (primary N) is 1. The van der Waals surface area contributed by atoms with E-state index in [9.17, 15) is 0 Å². The maximum absolute atomic E-state index is 8.89. The summed E-state index contributed by atoms with van der Waals surface area (Å²) in [5, 5.41) is 8.89. The van der Waals surface area contributed by atoms with Gasteiger partial charge in [0, 0.05) is 24.0 Å². The highest BCUT2D eigenvalue weighted by Crippen LogP contribution is 2.31. The van der Waals surface area contributed by atoms with Gasteiger partial charge in [0.2, 0.25) is 0 Å². The molecule has 3 heteroatoms. The van der Waals surface area contributed by atoms with Gasteiger partial charge in [-0.15, -0.1) is 0 Å². The van der Waals surface area contributed by atoms with Crippen LogP contribution in [0.5, 0.6) is 0 Å². The first kappa shape index (κ1) is 14.1. The lowest BCUT2D eigenvalue weighted by molar-refractivity contribution is 0.808. The van der Waals surface area contributed by atoms with Crippen LogP contribution in [0.25, 0.3) is 0 Å². The summed E-state index contributed by atoms with van der Waals surface area (Å²) in [7, 11) is 0. The second-order valence-corrected chi connectivity index (χ2v) is 4.74. The van der Waals surface area contributed by atoms with Crippen LogP contribution >= 0.6 is 0 Å². The Morgan fingerprint density at radius 1 is 1.10 bits per heavy atom. The fraction of sp³-hybridized carbons (Fsp3) is 0.235. The zero-order chi connectivity index (χ0) is 14.4. The molecule has 20 heavy (non-hydrogen) atoms. The fourth-order valence-corrected chi connectivity index (χ4v) is 2.28. The molecular formula is C17H19N3. The van der Waals surface area contributed by atoms with Crippen molar-refractivity contribution in [1.82, 2.24) is 0 Å². The van der Waals surface area contributed by atoms with Crippen molar-refractivity contribution in [2.75, 3.05) is 11.4 Å². The van der Waals surface area contributed by atoms with Gasteiger partial charge >= 0.3 is 0 Å². The molecule has 0 bridgehead atoms. The van der Waals surface area contributed by atoms with Crippen molar-refractivity contribution in [3.05, 3.63) is 60.2 Å². The Hall–Kier alpha value is -2.31. The predicted octanol–water partition coefficient (Wildman–Crippen LogP) is 3.76. The molecule has 0 spiro atoms. The molecule has 0 fully saturated rings. The number of nitriles is 1. The molecule has 0 unspecified atom stereocenters. The van der Waals surface area contributed by atoms with E-state index in [-0.39, 0.29) is 6.04 Å². The van der Waals surface area contributed by atoms with Crippen LogP contribution in [0, 0.1) is 11.3 Å². The predicted molar refractivity (Wildman–Crippen MR) is 82.7 cm³/mol. The average Bonchev–Trinajstić information content (AvgIpc) is 2.49. The minimum Gasteiger partial charge on any atom is -0.340 e. The minimum absolute atomic E-state index is 0.0421. The van der Waals surface area contributed by atoms with Gasteiger partial charge < -0.3 is 10.6 Å². The molecule has 2 rings (SSSR count). The van der Waals surface area contributed by atoms with Crippen LogP contribution in [0.15, 0.2) is 54.6 Å². The number of nitrogens with zero attached hydrogens (tertiary/aromatic N) is 2. The zero-order valence-corrected chi connectivity index (χ0v) is 11.7. The first-order valence-corrected chi connectivity index (χ1v) is 6.78. The molecule has 102 valence electrons. The van der Waals surface area contributed by atoms with Gasteiger partial charge in [-0.25, -0.2) is 0 Å². The van der Waals surface area contributed by atoms with E-state index in [0.717, 1.165) is 16.9 Å². The van der Waals surface area contributed by atoms with E-state index in [1.54, 1.807) is 0 Å². The van der Waals surface area contributed by atoms with Gasteiger partial charge in [0.05, 0.1) is 12.5 Å². The van der Waals surface area contributed by atoms with Crippen molar-refractivity contribution < 1.29 is 0 Å². The molecule has 2 aromatic rings. The van der Waals surface area contributed by atoms with Gasteiger partial charge in [-0.1, -0.05) is 36.4 Å². The van der Waals surface area contributed by atoms with E-state index >= 15 is 0 Å². The fourth-order valence-electron chi connectivity index (χ4n) is 2.28. The van der Waals surface area contributed by atoms with Gasteiger partial charge in [-0.3, -0.25) is 0 Å². The molecule has 0 aliphatic rings. The van der Waals surface area contributed by atoms with E-state index < -0.39 is 0 Å². The third-order valence-electron chi connectivity index (χ3n) is 3.23. The van der Waals surface area contributed by atoms with E-state index in [2.05, 4.69) is 29.2 Å². The Morgan fingerprint density at radius 3 is 2.40 bits per heavy atom. The van der Waals surface area contributed by atoms with Crippen molar-refractivity contribution in [3.63, 3.8) is 0 Å². The van der Waals surface area contributed by atoms with E-state index in [4.69, 9.17) is 11.0 Å². The number of rotatable bonds is 5.